The molecule has 0 spiro atoms. The van der Waals surface area contributed by atoms with Crippen LogP contribution in [0.15, 0.2) is 24.3 Å². The number of rotatable bonds is 5. The van der Waals surface area contributed by atoms with E-state index in [1.54, 1.807) is 7.11 Å². The van der Waals surface area contributed by atoms with Gasteiger partial charge in [-0.25, -0.2) is 0 Å². The number of nitrogens with one attached hydrogen (secondary N) is 1. The molecule has 0 fully saturated rings. The molecule has 4 heteroatoms. The van der Waals surface area contributed by atoms with Crippen molar-refractivity contribution < 1.29 is 9.53 Å². The highest BCUT2D eigenvalue weighted by Gasteiger charge is 2.16. The van der Waals surface area contributed by atoms with E-state index < -0.39 is 6.04 Å². The summed E-state index contributed by atoms with van der Waals surface area (Å²) in [6, 6.07) is 7.12. The van der Waals surface area contributed by atoms with Gasteiger partial charge < -0.3 is 15.8 Å². The standard InChI is InChI=1S/C13H20N2O2/c1-9(2)12(14)13(16)15-8-10-6-4-5-7-11(10)17-3/h4-7,9,12H,8,14H2,1-3H3,(H,15,16)/t12-/m1/s1. The zero-order chi connectivity index (χ0) is 12.8. The van der Waals surface area contributed by atoms with E-state index in [1.165, 1.54) is 0 Å². The first-order valence-corrected chi connectivity index (χ1v) is 5.71. The summed E-state index contributed by atoms with van der Waals surface area (Å²) in [5, 5.41) is 2.81. The zero-order valence-electron chi connectivity index (χ0n) is 10.6. The van der Waals surface area contributed by atoms with Crippen molar-refractivity contribution in [2.24, 2.45) is 11.7 Å². The van der Waals surface area contributed by atoms with E-state index in [1.807, 2.05) is 38.1 Å². The molecule has 0 aliphatic carbocycles. The van der Waals surface area contributed by atoms with Gasteiger partial charge in [0.05, 0.1) is 13.2 Å². The smallest absolute Gasteiger partial charge is 0.237 e. The van der Waals surface area contributed by atoms with Crippen LogP contribution in [0.3, 0.4) is 0 Å². The highest BCUT2D eigenvalue weighted by molar-refractivity contribution is 5.81. The predicted molar refractivity (Wildman–Crippen MR) is 67.7 cm³/mol. The van der Waals surface area contributed by atoms with Crippen molar-refractivity contribution in [3.8, 4) is 5.75 Å². The summed E-state index contributed by atoms with van der Waals surface area (Å²) in [6.45, 7) is 4.28. The fourth-order valence-corrected chi connectivity index (χ4v) is 1.45. The maximum atomic E-state index is 11.7. The van der Waals surface area contributed by atoms with Crippen LogP contribution in [0.1, 0.15) is 19.4 Å². The number of nitrogens with two attached hydrogens (primary N) is 1. The van der Waals surface area contributed by atoms with E-state index in [2.05, 4.69) is 5.32 Å². The molecule has 17 heavy (non-hydrogen) atoms. The molecule has 94 valence electrons. The Morgan fingerprint density at radius 3 is 2.65 bits per heavy atom. The average Bonchev–Trinajstić information content (AvgIpc) is 2.35. The molecule has 4 nitrogen and oxygen atoms in total. The number of carbonyl (C=O) groups excluding carboxylic acids is 1. The zero-order valence-corrected chi connectivity index (χ0v) is 10.6. The molecule has 1 rings (SSSR count). The van der Waals surface area contributed by atoms with Crippen molar-refractivity contribution in [3.63, 3.8) is 0 Å². The maximum absolute atomic E-state index is 11.7. The van der Waals surface area contributed by atoms with Crippen LogP contribution in [0.2, 0.25) is 0 Å². The molecule has 3 N–H and O–H groups in total. The van der Waals surface area contributed by atoms with Crippen LogP contribution >= 0.6 is 0 Å². The van der Waals surface area contributed by atoms with E-state index in [0.29, 0.717) is 6.54 Å². The van der Waals surface area contributed by atoms with Gasteiger partial charge in [0.25, 0.3) is 0 Å². The van der Waals surface area contributed by atoms with Crippen LogP contribution in [0.5, 0.6) is 5.75 Å². The molecule has 0 radical (unpaired) electrons. The molecule has 1 aromatic carbocycles. The Labute approximate surface area is 102 Å². The van der Waals surface area contributed by atoms with E-state index >= 15 is 0 Å². The number of para-hydroxylation sites is 1. The summed E-state index contributed by atoms with van der Waals surface area (Å²) in [4.78, 5) is 11.7. The molecule has 0 aliphatic rings. The van der Waals surface area contributed by atoms with Crippen LogP contribution < -0.4 is 15.8 Å². The number of amides is 1. The van der Waals surface area contributed by atoms with Crippen LogP contribution in [-0.2, 0) is 11.3 Å². The Balaban J connectivity index is 2.58. The Kier molecular flexibility index (Phi) is 4.97. The number of carbonyl (C=O) groups is 1. The second-order valence-corrected chi connectivity index (χ2v) is 4.30. The largest absolute Gasteiger partial charge is 0.496 e. The molecule has 0 aliphatic heterocycles. The van der Waals surface area contributed by atoms with Crippen molar-refractivity contribution in [3.05, 3.63) is 29.8 Å². The minimum Gasteiger partial charge on any atom is -0.496 e. The molecule has 0 bridgehead atoms. The number of benzene rings is 1. The molecule has 0 saturated carbocycles. The minimum absolute atomic E-state index is 0.132. The van der Waals surface area contributed by atoms with Gasteiger partial charge in [-0.2, -0.15) is 0 Å². The third-order valence-corrected chi connectivity index (χ3v) is 2.67. The molecular weight excluding hydrogens is 216 g/mol. The minimum atomic E-state index is -0.468. The van der Waals surface area contributed by atoms with E-state index in [0.717, 1.165) is 11.3 Å². The van der Waals surface area contributed by atoms with Crippen LogP contribution in [0.25, 0.3) is 0 Å². The van der Waals surface area contributed by atoms with Crippen molar-refractivity contribution >= 4 is 5.91 Å². The van der Waals surface area contributed by atoms with Crippen molar-refractivity contribution in [2.45, 2.75) is 26.4 Å². The molecule has 0 aromatic heterocycles. The van der Waals surface area contributed by atoms with Crippen LogP contribution in [0, 0.1) is 5.92 Å². The Hall–Kier alpha value is -1.55. The molecule has 1 aromatic rings. The topological polar surface area (TPSA) is 64.3 Å². The van der Waals surface area contributed by atoms with Gasteiger partial charge in [0, 0.05) is 12.1 Å². The second kappa shape index (κ2) is 6.25. The van der Waals surface area contributed by atoms with Gasteiger partial charge in [-0.15, -0.1) is 0 Å². The van der Waals surface area contributed by atoms with Crippen molar-refractivity contribution in [2.75, 3.05) is 7.11 Å². The Morgan fingerprint density at radius 2 is 2.06 bits per heavy atom. The first-order chi connectivity index (χ1) is 8.06. The van der Waals surface area contributed by atoms with Crippen molar-refractivity contribution in [1.82, 2.24) is 5.32 Å². The molecular formula is C13H20N2O2. The van der Waals surface area contributed by atoms with Gasteiger partial charge in [-0.05, 0) is 12.0 Å². The number of methoxy groups -OCH3 is 1. The van der Waals surface area contributed by atoms with Gasteiger partial charge >= 0.3 is 0 Å². The average molecular weight is 236 g/mol. The third-order valence-electron chi connectivity index (χ3n) is 2.67. The fourth-order valence-electron chi connectivity index (χ4n) is 1.45. The lowest BCUT2D eigenvalue weighted by Gasteiger charge is -2.16. The second-order valence-electron chi connectivity index (χ2n) is 4.30. The van der Waals surface area contributed by atoms with E-state index in [9.17, 15) is 4.79 Å². The normalized spacial score (nSPS) is 12.3. The van der Waals surface area contributed by atoms with Gasteiger partial charge in [-0.3, -0.25) is 4.79 Å². The summed E-state index contributed by atoms with van der Waals surface area (Å²) in [6.07, 6.45) is 0. The number of ether oxygens (including phenoxy) is 1. The SMILES string of the molecule is COc1ccccc1CNC(=O)[C@H](N)C(C)C. The van der Waals surface area contributed by atoms with Crippen LogP contribution in [-0.4, -0.2) is 19.1 Å². The van der Waals surface area contributed by atoms with E-state index in [4.69, 9.17) is 10.5 Å². The van der Waals surface area contributed by atoms with Gasteiger partial charge in [0.15, 0.2) is 0 Å². The van der Waals surface area contributed by atoms with Gasteiger partial charge in [0.2, 0.25) is 5.91 Å². The summed E-state index contributed by atoms with van der Waals surface area (Å²) >= 11 is 0. The first kappa shape index (κ1) is 13.5. The first-order valence-electron chi connectivity index (χ1n) is 5.71. The summed E-state index contributed by atoms with van der Waals surface area (Å²) in [5.74, 6) is 0.768. The lowest BCUT2D eigenvalue weighted by Crippen LogP contribution is -2.43. The number of hydrogen-bond acceptors (Lipinski definition) is 3. The molecule has 0 saturated heterocycles. The predicted octanol–water partition coefficient (Wildman–Crippen LogP) is 1.29. The molecule has 1 amide bonds. The van der Waals surface area contributed by atoms with E-state index in [-0.39, 0.29) is 11.8 Å². The lowest BCUT2D eigenvalue weighted by molar-refractivity contribution is -0.123. The quantitative estimate of drug-likeness (QED) is 0.809. The maximum Gasteiger partial charge on any atom is 0.237 e. The van der Waals surface area contributed by atoms with Gasteiger partial charge in [0.1, 0.15) is 5.75 Å². The molecule has 1 atom stereocenters. The summed E-state index contributed by atoms with van der Waals surface area (Å²) < 4.78 is 5.20. The lowest BCUT2D eigenvalue weighted by atomic mass is 10.0. The number of hydrogen-bond donors (Lipinski definition) is 2. The molecule has 0 unspecified atom stereocenters. The van der Waals surface area contributed by atoms with Crippen LogP contribution in [0.4, 0.5) is 0 Å². The highest BCUT2D eigenvalue weighted by Crippen LogP contribution is 2.16. The Morgan fingerprint density at radius 1 is 1.41 bits per heavy atom. The Bertz CT molecular complexity index is 377. The fraction of sp³-hybridized carbons (Fsp3) is 0.462. The monoisotopic (exact) mass is 236 g/mol. The van der Waals surface area contributed by atoms with Crippen molar-refractivity contribution in [1.29, 1.82) is 0 Å². The molecule has 0 heterocycles. The summed E-state index contributed by atoms with van der Waals surface area (Å²) in [5.41, 5.74) is 6.70. The van der Waals surface area contributed by atoms with Gasteiger partial charge in [-0.1, -0.05) is 32.0 Å². The highest BCUT2D eigenvalue weighted by atomic mass is 16.5. The third kappa shape index (κ3) is 3.75. The summed E-state index contributed by atoms with van der Waals surface area (Å²) in [7, 11) is 1.61.